The SMILES string of the molecule is CC[C@@H](C)C(C(N)=O)n1ccc(C)cc1=O.COC(=O)CCc1cncc(-c2c(C)cccc2C)c1.[HH]. The molecule has 3 aromatic rings. The molecule has 0 radical (unpaired) electrons. The van der Waals surface area contributed by atoms with E-state index in [0.29, 0.717) is 12.8 Å². The number of benzene rings is 1. The van der Waals surface area contributed by atoms with Gasteiger partial charge in [0.2, 0.25) is 5.91 Å². The third-order valence-corrected chi connectivity index (χ3v) is 6.29. The molecule has 0 aliphatic carbocycles. The van der Waals surface area contributed by atoms with E-state index in [4.69, 9.17) is 5.73 Å². The summed E-state index contributed by atoms with van der Waals surface area (Å²) in [6.45, 7) is 9.93. The number of hydrogen-bond acceptors (Lipinski definition) is 5. The van der Waals surface area contributed by atoms with Crippen LogP contribution in [-0.2, 0) is 20.7 Å². The maximum Gasteiger partial charge on any atom is 0.305 e. The van der Waals surface area contributed by atoms with Crippen molar-refractivity contribution in [1.82, 2.24) is 9.55 Å². The molecule has 7 heteroatoms. The number of methoxy groups -OCH3 is 1. The number of rotatable bonds is 8. The van der Waals surface area contributed by atoms with Crippen molar-refractivity contribution in [3.63, 3.8) is 0 Å². The molecule has 7 nitrogen and oxygen atoms in total. The Morgan fingerprint density at radius 1 is 1.11 bits per heavy atom. The fourth-order valence-electron chi connectivity index (χ4n) is 4.11. The van der Waals surface area contributed by atoms with E-state index in [1.165, 1.54) is 34.4 Å². The van der Waals surface area contributed by atoms with Gasteiger partial charge in [0, 0.05) is 38.1 Å². The number of nitrogens with zero attached hydrogens (tertiary/aromatic N) is 2. The first-order valence-corrected chi connectivity index (χ1v) is 12.1. The summed E-state index contributed by atoms with van der Waals surface area (Å²) >= 11 is 0. The lowest BCUT2D eigenvalue weighted by Crippen LogP contribution is -2.37. The number of aryl methyl sites for hydroxylation is 4. The van der Waals surface area contributed by atoms with Crippen molar-refractivity contribution < 1.29 is 15.8 Å². The summed E-state index contributed by atoms with van der Waals surface area (Å²) in [5.41, 5.74) is 11.9. The summed E-state index contributed by atoms with van der Waals surface area (Å²) in [7, 11) is 1.41. The van der Waals surface area contributed by atoms with Crippen molar-refractivity contribution in [3.05, 3.63) is 87.6 Å². The Hall–Kier alpha value is -3.74. The molecule has 1 amide bonds. The largest absolute Gasteiger partial charge is 0.469 e. The molecule has 0 aliphatic heterocycles. The van der Waals surface area contributed by atoms with Gasteiger partial charge in [-0.2, -0.15) is 0 Å². The van der Waals surface area contributed by atoms with Crippen molar-refractivity contribution in [2.24, 2.45) is 11.7 Å². The Morgan fingerprint density at radius 3 is 2.33 bits per heavy atom. The highest BCUT2D eigenvalue weighted by molar-refractivity contribution is 5.78. The van der Waals surface area contributed by atoms with Crippen LogP contribution < -0.4 is 11.3 Å². The van der Waals surface area contributed by atoms with E-state index in [1.54, 1.807) is 18.5 Å². The molecule has 3 rings (SSSR count). The molecule has 2 aromatic heterocycles. The molecule has 2 heterocycles. The predicted molar refractivity (Wildman–Crippen MR) is 145 cm³/mol. The summed E-state index contributed by atoms with van der Waals surface area (Å²) in [6.07, 6.45) is 7.15. The zero-order chi connectivity index (χ0) is 26.8. The first kappa shape index (κ1) is 28.5. The maximum atomic E-state index is 11.8. The molecule has 2 N–H and O–H groups in total. The fraction of sp³-hybridized carbons (Fsp3) is 0.379. The summed E-state index contributed by atoms with van der Waals surface area (Å²) in [6, 6.07) is 11.1. The molecule has 0 aliphatic rings. The van der Waals surface area contributed by atoms with Crippen molar-refractivity contribution >= 4 is 11.9 Å². The molecule has 0 bridgehead atoms. The monoisotopic (exact) mass is 493 g/mol. The second-order valence-electron chi connectivity index (χ2n) is 9.11. The lowest BCUT2D eigenvalue weighted by molar-refractivity contribution is -0.140. The zero-order valence-corrected chi connectivity index (χ0v) is 22.1. The van der Waals surface area contributed by atoms with E-state index >= 15 is 0 Å². The van der Waals surface area contributed by atoms with Gasteiger partial charge in [0.05, 0.1) is 7.11 Å². The highest BCUT2D eigenvalue weighted by Gasteiger charge is 2.24. The first-order chi connectivity index (χ1) is 17.1. The van der Waals surface area contributed by atoms with Gasteiger partial charge >= 0.3 is 5.97 Å². The summed E-state index contributed by atoms with van der Waals surface area (Å²) in [5, 5.41) is 0. The lowest BCUT2D eigenvalue weighted by atomic mass is 9.96. The van der Waals surface area contributed by atoms with Crippen LogP contribution in [0, 0.1) is 26.7 Å². The summed E-state index contributed by atoms with van der Waals surface area (Å²) < 4.78 is 6.09. The van der Waals surface area contributed by atoms with Gasteiger partial charge in [0.25, 0.3) is 5.56 Å². The Kier molecular flexibility index (Phi) is 10.6. The van der Waals surface area contributed by atoms with E-state index in [-0.39, 0.29) is 18.9 Å². The lowest BCUT2D eigenvalue weighted by Gasteiger charge is -2.22. The van der Waals surface area contributed by atoms with Gasteiger partial charge < -0.3 is 15.0 Å². The Morgan fingerprint density at radius 2 is 1.78 bits per heavy atom. The number of pyridine rings is 2. The highest BCUT2D eigenvalue weighted by atomic mass is 16.5. The van der Waals surface area contributed by atoms with Gasteiger partial charge in [-0.15, -0.1) is 0 Å². The average Bonchev–Trinajstić information content (AvgIpc) is 2.84. The number of nitrogens with two attached hydrogens (primary N) is 1. The number of carbonyl (C=O) groups is 2. The fourth-order valence-corrected chi connectivity index (χ4v) is 4.11. The van der Waals surface area contributed by atoms with Crippen molar-refractivity contribution in [2.45, 2.75) is 59.9 Å². The van der Waals surface area contributed by atoms with Gasteiger partial charge in [-0.25, -0.2) is 0 Å². The van der Waals surface area contributed by atoms with Crippen LogP contribution >= 0.6 is 0 Å². The number of primary amides is 1. The molecular formula is C29H39N3O4. The third kappa shape index (κ3) is 7.63. The van der Waals surface area contributed by atoms with Crippen LogP contribution in [0.25, 0.3) is 11.1 Å². The minimum absolute atomic E-state index is 0. The van der Waals surface area contributed by atoms with Gasteiger partial charge in [-0.05, 0) is 73.1 Å². The Balaban J connectivity index is 0.000000369. The van der Waals surface area contributed by atoms with E-state index < -0.39 is 11.9 Å². The zero-order valence-electron chi connectivity index (χ0n) is 22.1. The van der Waals surface area contributed by atoms with Gasteiger partial charge in [-0.1, -0.05) is 38.5 Å². The quantitative estimate of drug-likeness (QED) is 0.447. The number of esters is 1. The molecule has 36 heavy (non-hydrogen) atoms. The molecule has 0 fully saturated rings. The number of hydrogen-bond donors (Lipinski definition) is 1. The van der Waals surface area contributed by atoms with E-state index in [2.05, 4.69) is 47.8 Å². The molecular weight excluding hydrogens is 454 g/mol. The highest BCUT2D eigenvalue weighted by Crippen LogP contribution is 2.27. The maximum absolute atomic E-state index is 11.8. The van der Waals surface area contributed by atoms with E-state index in [9.17, 15) is 14.4 Å². The van der Waals surface area contributed by atoms with Gasteiger partial charge in [-0.3, -0.25) is 19.4 Å². The third-order valence-electron chi connectivity index (χ3n) is 6.29. The molecule has 0 spiro atoms. The molecule has 0 saturated heterocycles. The van der Waals surface area contributed by atoms with Gasteiger partial charge in [0.1, 0.15) is 6.04 Å². The standard InChI is InChI=1S/C17H19NO2.C12H18N2O2.H2/c1-12-5-4-6-13(2)17(12)15-9-14(10-18-11-15)7-8-16(19)20-3;1-4-9(3)11(12(13)16)14-6-5-8(2)7-10(14)15;/h4-6,9-11H,7-8H2,1-3H3;5-7,9,11H,4H2,1-3H3,(H2,13,16);1H/t;9-,11?;/m.1./s1. The summed E-state index contributed by atoms with van der Waals surface area (Å²) in [4.78, 5) is 38.7. The Labute approximate surface area is 214 Å². The van der Waals surface area contributed by atoms with Crippen LogP contribution in [0.5, 0.6) is 0 Å². The number of aromatic nitrogens is 2. The van der Waals surface area contributed by atoms with Crippen LogP contribution in [0.2, 0.25) is 0 Å². The summed E-state index contributed by atoms with van der Waals surface area (Å²) in [5.74, 6) is -0.597. The van der Waals surface area contributed by atoms with Crippen LogP contribution in [0.15, 0.2) is 59.8 Å². The second-order valence-corrected chi connectivity index (χ2v) is 9.11. The second kappa shape index (κ2) is 13.4. The van der Waals surface area contributed by atoms with Crippen molar-refractivity contribution in [2.75, 3.05) is 7.11 Å². The molecule has 1 aromatic carbocycles. The van der Waals surface area contributed by atoms with Crippen molar-refractivity contribution in [1.29, 1.82) is 0 Å². The first-order valence-electron chi connectivity index (χ1n) is 12.1. The molecule has 0 saturated carbocycles. The van der Waals surface area contributed by atoms with Crippen LogP contribution in [0.1, 0.15) is 56.4 Å². The van der Waals surface area contributed by atoms with Crippen LogP contribution in [0.3, 0.4) is 0 Å². The van der Waals surface area contributed by atoms with Crippen molar-refractivity contribution in [3.8, 4) is 11.1 Å². The normalized spacial score (nSPS) is 12.2. The van der Waals surface area contributed by atoms with E-state index in [0.717, 1.165) is 23.1 Å². The molecule has 2 atom stereocenters. The average molecular weight is 494 g/mol. The minimum atomic E-state index is -0.557. The predicted octanol–water partition coefficient (Wildman–Crippen LogP) is 4.95. The topological polar surface area (TPSA) is 104 Å². The molecule has 1 unspecified atom stereocenters. The van der Waals surface area contributed by atoms with Gasteiger partial charge in [0.15, 0.2) is 0 Å². The molecule has 194 valence electrons. The van der Waals surface area contributed by atoms with Crippen LogP contribution in [-0.4, -0.2) is 28.5 Å². The number of carbonyl (C=O) groups excluding carboxylic acids is 2. The smallest absolute Gasteiger partial charge is 0.305 e. The minimum Gasteiger partial charge on any atom is -0.469 e. The van der Waals surface area contributed by atoms with Crippen LogP contribution in [0.4, 0.5) is 0 Å². The van der Waals surface area contributed by atoms with E-state index in [1.807, 2.05) is 27.0 Å². The Bertz CT molecular complexity index is 1240. The number of ether oxygens (including phenoxy) is 1. The number of amides is 1.